The Morgan fingerprint density at radius 1 is 1.06 bits per heavy atom. The zero-order valence-corrected chi connectivity index (χ0v) is 17.9. The van der Waals surface area contributed by atoms with Crippen molar-refractivity contribution in [3.8, 4) is 0 Å². The number of amides is 7. The Morgan fingerprint density at radius 2 is 1.71 bits per heavy atom. The number of hydrogen-bond acceptors (Lipinski definition) is 7. The highest BCUT2D eigenvalue weighted by Crippen LogP contribution is 2.35. The van der Waals surface area contributed by atoms with Crippen LogP contribution in [0, 0.1) is 5.92 Å². The lowest BCUT2D eigenvalue weighted by Gasteiger charge is -2.41. The number of barbiturate groups is 1. The second-order valence-electron chi connectivity index (χ2n) is 8.72. The molecule has 0 aromatic rings. The summed E-state index contributed by atoms with van der Waals surface area (Å²) in [6.07, 6.45) is 4.25. The van der Waals surface area contributed by atoms with Crippen LogP contribution in [0.25, 0.3) is 0 Å². The predicted molar refractivity (Wildman–Crippen MR) is 110 cm³/mol. The fourth-order valence-electron chi connectivity index (χ4n) is 4.64. The van der Waals surface area contributed by atoms with Crippen molar-refractivity contribution in [3.05, 3.63) is 11.4 Å². The molecule has 2 saturated heterocycles. The maximum atomic E-state index is 13.0. The van der Waals surface area contributed by atoms with Gasteiger partial charge >= 0.3 is 12.1 Å². The van der Waals surface area contributed by atoms with Crippen molar-refractivity contribution in [1.82, 2.24) is 20.4 Å². The third-order valence-electron chi connectivity index (χ3n) is 6.35. The van der Waals surface area contributed by atoms with E-state index in [2.05, 4.69) is 10.6 Å². The standard InChI is InChI=1S/C20H30N6O5/c1-3-4-9-25-15(27)13(14(21)22)16(28)26(19(25)31)12-7-5-11(6-8-12)10-20(2)17(29)23-18(30)24-20/h11-12H,3-10,21-22H2,1-2H3,(H2,23,24,29,30)/t11?,12?,20-/m0/s1. The van der Waals surface area contributed by atoms with Crippen LogP contribution in [0.1, 0.15) is 58.8 Å². The SMILES string of the molecule is CCCCN1C(=O)C(=C(N)N)C(=O)N(C2CCC(C[C@]3(C)NC(=O)NC3=O)CC2)C1=O. The Balaban J connectivity index is 1.72. The van der Waals surface area contributed by atoms with E-state index in [1.807, 2.05) is 6.92 Å². The number of urea groups is 2. The molecule has 6 N–H and O–H groups in total. The number of rotatable bonds is 6. The summed E-state index contributed by atoms with van der Waals surface area (Å²) in [6, 6.07) is -1.52. The monoisotopic (exact) mass is 434 g/mol. The van der Waals surface area contributed by atoms with Gasteiger partial charge in [-0.05, 0) is 51.4 Å². The van der Waals surface area contributed by atoms with E-state index in [0.717, 1.165) is 16.2 Å². The highest BCUT2D eigenvalue weighted by molar-refractivity contribution is 6.29. The zero-order chi connectivity index (χ0) is 22.9. The lowest BCUT2D eigenvalue weighted by Crippen LogP contribution is -2.61. The van der Waals surface area contributed by atoms with Gasteiger partial charge in [0.1, 0.15) is 16.9 Å². The van der Waals surface area contributed by atoms with E-state index in [0.29, 0.717) is 38.5 Å². The van der Waals surface area contributed by atoms with E-state index < -0.39 is 35.2 Å². The summed E-state index contributed by atoms with van der Waals surface area (Å²) in [7, 11) is 0. The number of imide groups is 3. The maximum Gasteiger partial charge on any atom is 0.334 e. The van der Waals surface area contributed by atoms with Gasteiger partial charge in [-0.15, -0.1) is 0 Å². The molecular weight excluding hydrogens is 404 g/mol. The van der Waals surface area contributed by atoms with Gasteiger partial charge in [0.2, 0.25) is 0 Å². The lowest BCUT2D eigenvalue weighted by molar-refractivity contribution is -0.138. The fraction of sp³-hybridized carbons (Fsp3) is 0.650. The average Bonchev–Trinajstić information content (AvgIpc) is 2.94. The maximum absolute atomic E-state index is 13.0. The van der Waals surface area contributed by atoms with Gasteiger partial charge in [-0.25, -0.2) is 9.59 Å². The Kier molecular flexibility index (Phi) is 6.23. The number of nitrogens with one attached hydrogen (secondary N) is 2. The molecule has 170 valence electrons. The molecule has 11 heteroatoms. The van der Waals surface area contributed by atoms with Crippen molar-refractivity contribution >= 4 is 29.8 Å². The molecule has 0 radical (unpaired) electrons. The van der Waals surface area contributed by atoms with E-state index in [1.54, 1.807) is 6.92 Å². The van der Waals surface area contributed by atoms with Gasteiger partial charge in [-0.1, -0.05) is 13.3 Å². The number of carbonyl (C=O) groups excluding carboxylic acids is 5. The van der Waals surface area contributed by atoms with E-state index in [9.17, 15) is 24.0 Å². The molecule has 11 nitrogen and oxygen atoms in total. The van der Waals surface area contributed by atoms with Crippen LogP contribution in [0.15, 0.2) is 11.4 Å². The van der Waals surface area contributed by atoms with Gasteiger partial charge in [0.25, 0.3) is 17.7 Å². The average molecular weight is 434 g/mol. The fourth-order valence-corrected chi connectivity index (χ4v) is 4.64. The molecule has 2 heterocycles. The van der Waals surface area contributed by atoms with Crippen LogP contribution in [0.5, 0.6) is 0 Å². The summed E-state index contributed by atoms with van der Waals surface area (Å²) < 4.78 is 0. The highest BCUT2D eigenvalue weighted by Gasteiger charge is 2.48. The van der Waals surface area contributed by atoms with Crippen LogP contribution in [0.4, 0.5) is 9.59 Å². The van der Waals surface area contributed by atoms with Gasteiger partial charge in [-0.2, -0.15) is 0 Å². The van der Waals surface area contributed by atoms with Gasteiger partial charge in [0.15, 0.2) is 0 Å². The summed E-state index contributed by atoms with van der Waals surface area (Å²) in [5.74, 6) is -2.09. The summed E-state index contributed by atoms with van der Waals surface area (Å²) in [4.78, 5) is 64.3. The molecule has 3 fully saturated rings. The molecule has 0 aromatic carbocycles. The summed E-state index contributed by atoms with van der Waals surface area (Å²) in [5, 5.41) is 4.93. The van der Waals surface area contributed by atoms with Crippen LogP contribution >= 0.6 is 0 Å². The van der Waals surface area contributed by atoms with Crippen LogP contribution in [0.3, 0.4) is 0 Å². The second kappa shape index (κ2) is 8.56. The minimum absolute atomic E-state index is 0.146. The van der Waals surface area contributed by atoms with Gasteiger partial charge < -0.3 is 16.8 Å². The molecule has 0 unspecified atom stereocenters. The number of nitrogens with two attached hydrogens (primary N) is 2. The Morgan fingerprint density at radius 3 is 2.23 bits per heavy atom. The number of unbranched alkanes of at least 4 members (excludes halogenated alkanes) is 1. The molecule has 31 heavy (non-hydrogen) atoms. The topological polar surface area (TPSA) is 168 Å². The van der Waals surface area contributed by atoms with E-state index >= 15 is 0 Å². The van der Waals surface area contributed by atoms with E-state index in [1.165, 1.54) is 0 Å². The molecule has 0 bridgehead atoms. The molecule has 1 saturated carbocycles. The first kappa shape index (κ1) is 22.6. The third kappa shape index (κ3) is 4.21. The highest BCUT2D eigenvalue weighted by atomic mass is 16.2. The largest absolute Gasteiger partial charge is 0.385 e. The summed E-state index contributed by atoms with van der Waals surface area (Å²) in [6.45, 7) is 3.82. The molecule has 3 rings (SSSR count). The Labute approximate surface area is 180 Å². The van der Waals surface area contributed by atoms with Crippen molar-refractivity contribution < 1.29 is 24.0 Å². The zero-order valence-electron chi connectivity index (χ0n) is 17.9. The Bertz CT molecular complexity index is 843. The quantitative estimate of drug-likeness (QED) is 0.264. The van der Waals surface area contributed by atoms with Crippen molar-refractivity contribution in [2.45, 2.75) is 70.4 Å². The molecule has 2 aliphatic heterocycles. The first-order valence-corrected chi connectivity index (χ1v) is 10.7. The smallest absolute Gasteiger partial charge is 0.334 e. The first-order valence-electron chi connectivity index (χ1n) is 10.7. The van der Waals surface area contributed by atoms with Crippen LogP contribution in [-0.4, -0.2) is 57.7 Å². The molecule has 1 atom stereocenters. The molecule has 0 aromatic heterocycles. The molecule has 1 aliphatic carbocycles. The van der Waals surface area contributed by atoms with Gasteiger partial charge in [0, 0.05) is 12.6 Å². The van der Waals surface area contributed by atoms with Crippen molar-refractivity contribution in [2.75, 3.05) is 6.54 Å². The van der Waals surface area contributed by atoms with Crippen LogP contribution in [0.2, 0.25) is 0 Å². The first-order chi connectivity index (χ1) is 14.6. The predicted octanol–water partition coefficient (Wildman–Crippen LogP) is 0.253. The summed E-state index contributed by atoms with van der Waals surface area (Å²) >= 11 is 0. The lowest BCUT2D eigenvalue weighted by atomic mass is 9.78. The van der Waals surface area contributed by atoms with Crippen molar-refractivity contribution in [1.29, 1.82) is 0 Å². The molecule has 7 amide bonds. The molecule has 0 spiro atoms. The number of hydrogen-bond donors (Lipinski definition) is 4. The molecular formula is C20H30N6O5. The van der Waals surface area contributed by atoms with Crippen LogP contribution in [-0.2, 0) is 14.4 Å². The third-order valence-corrected chi connectivity index (χ3v) is 6.35. The van der Waals surface area contributed by atoms with Gasteiger partial charge in [0.05, 0.1) is 0 Å². The number of nitrogens with zero attached hydrogens (tertiary/aromatic N) is 2. The second-order valence-corrected chi connectivity index (χ2v) is 8.72. The normalized spacial score (nSPS) is 29.4. The van der Waals surface area contributed by atoms with Crippen molar-refractivity contribution in [2.24, 2.45) is 17.4 Å². The van der Waals surface area contributed by atoms with Crippen LogP contribution < -0.4 is 22.1 Å². The Hall–Kier alpha value is -3.11. The van der Waals surface area contributed by atoms with E-state index in [-0.39, 0.29) is 30.0 Å². The summed E-state index contributed by atoms with van der Waals surface area (Å²) in [5.41, 5.74) is 9.90. The molecule has 3 aliphatic rings. The minimum Gasteiger partial charge on any atom is -0.385 e. The van der Waals surface area contributed by atoms with Gasteiger partial charge in [-0.3, -0.25) is 29.5 Å². The minimum atomic E-state index is -0.960. The number of carbonyl (C=O) groups is 5. The van der Waals surface area contributed by atoms with Crippen molar-refractivity contribution in [3.63, 3.8) is 0 Å². The van der Waals surface area contributed by atoms with E-state index in [4.69, 9.17) is 11.5 Å².